The zero-order valence-electron chi connectivity index (χ0n) is 16.1. The molecule has 1 aromatic heterocycles. The van der Waals surface area contributed by atoms with Crippen LogP contribution in [-0.4, -0.2) is 10.9 Å². The van der Waals surface area contributed by atoms with E-state index in [1.165, 1.54) is 0 Å². The van der Waals surface area contributed by atoms with Gasteiger partial charge < -0.3 is 11.1 Å². The Labute approximate surface area is 174 Å². The number of benzene rings is 3. The minimum absolute atomic E-state index is 0.143. The SMILES string of the molecule is Cc1nc(-c2ccccc2)sc1-c1ccccc1C(=O)Nc1ccc(CN)cc1. The molecule has 1 amide bonds. The highest BCUT2D eigenvalue weighted by atomic mass is 32.1. The summed E-state index contributed by atoms with van der Waals surface area (Å²) in [7, 11) is 0. The lowest BCUT2D eigenvalue weighted by Crippen LogP contribution is -2.13. The van der Waals surface area contributed by atoms with Crippen LogP contribution < -0.4 is 11.1 Å². The minimum Gasteiger partial charge on any atom is -0.326 e. The number of hydrogen-bond acceptors (Lipinski definition) is 4. The number of thiazole rings is 1. The van der Waals surface area contributed by atoms with Gasteiger partial charge in [-0.3, -0.25) is 4.79 Å². The van der Waals surface area contributed by atoms with Crippen molar-refractivity contribution in [3.05, 3.63) is 95.7 Å². The molecule has 144 valence electrons. The van der Waals surface area contributed by atoms with Gasteiger partial charge in [-0.1, -0.05) is 60.7 Å². The second-order valence-electron chi connectivity index (χ2n) is 6.70. The summed E-state index contributed by atoms with van der Waals surface area (Å²) in [5, 5.41) is 3.93. The zero-order valence-corrected chi connectivity index (χ0v) is 16.9. The average molecular weight is 400 g/mol. The second kappa shape index (κ2) is 8.39. The first-order chi connectivity index (χ1) is 14.2. The maximum Gasteiger partial charge on any atom is 0.256 e. The molecule has 0 aliphatic rings. The van der Waals surface area contributed by atoms with E-state index in [1.54, 1.807) is 11.3 Å². The molecule has 0 bridgehead atoms. The van der Waals surface area contributed by atoms with Crippen LogP contribution >= 0.6 is 11.3 Å². The number of nitrogens with zero attached hydrogens (tertiary/aromatic N) is 1. The molecular formula is C24H21N3OS. The van der Waals surface area contributed by atoms with Crippen LogP contribution in [0.25, 0.3) is 21.0 Å². The van der Waals surface area contributed by atoms with Crippen LogP contribution in [-0.2, 0) is 6.54 Å². The van der Waals surface area contributed by atoms with Crippen LogP contribution in [0.4, 0.5) is 5.69 Å². The lowest BCUT2D eigenvalue weighted by atomic mass is 10.0. The number of aryl methyl sites for hydroxylation is 1. The third-order valence-corrected chi connectivity index (χ3v) is 5.92. The highest BCUT2D eigenvalue weighted by molar-refractivity contribution is 7.18. The quantitative estimate of drug-likeness (QED) is 0.466. The Bertz CT molecular complexity index is 1130. The Hall–Kier alpha value is -3.28. The zero-order chi connectivity index (χ0) is 20.2. The van der Waals surface area contributed by atoms with Crippen LogP contribution in [0.15, 0.2) is 78.9 Å². The van der Waals surface area contributed by atoms with Gasteiger partial charge in [0.15, 0.2) is 0 Å². The van der Waals surface area contributed by atoms with Crippen LogP contribution in [0.5, 0.6) is 0 Å². The summed E-state index contributed by atoms with van der Waals surface area (Å²) < 4.78 is 0. The van der Waals surface area contributed by atoms with Crippen molar-refractivity contribution in [3.63, 3.8) is 0 Å². The molecule has 5 heteroatoms. The van der Waals surface area contributed by atoms with E-state index in [2.05, 4.69) is 5.32 Å². The maximum atomic E-state index is 13.0. The first-order valence-corrected chi connectivity index (χ1v) is 10.2. The number of anilines is 1. The van der Waals surface area contributed by atoms with Crippen molar-refractivity contribution in [1.82, 2.24) is 4.98 Å². The Morgan fingerprint density at radius 2 is 1.66 bits per heavy atom. The summed E-state index contributed by atoms with van der Waals surface area (Å²) in [5.41, 5.74) is 10.9. The Balaban J connectivity index is 1.66. The average Bonchev–Trinajstić information content (AvgIpc) is 3.16. The summed E-state index contributed by atoms with van der Waals surface area (Å²) in [4.78, 5) is 18.7. The fraction of sp³-hybridized carbons (Fsp3) is 0.0833. The molecule has 3 N–H and O–H groups in total. The molecule has 4 nitrogen and oxygen atoms in total. The smallest absolute Gasteiger partial charge is 0.256 e. The number of rotatable bonds is 5. The number of nitrogens with one attached hydrogen (secondary N) is 1. The first kappa shape index (κ1) is 19.1. The van der Waals surface area contributed by atoms with Gasteiger partial charge in [-0.2, -0.15) is 0 Å². The first-order valence-electron chi connectivity index (χ1n) is 9.38. The summed E-state index contributed by atoms with van der Waals surface area (Å²) in [5.74, 6) is -0.143. The number of amides is 1. The topological polar surface area (TPSA) is 68.0 Å². The molecule has 0 saturated carbocycles. The molecule has 4 aromatic rings. The van der Waals surface area contributed by atoms with Gasteiger partial charge in [-0.05, 0) is 30.7 Å². The number of carbonyl (C=O) groups excluding carboxylic acids is 1. The van der Waals surface area contributed by atoms with E-state index in [-0.39, 0.29) is 5.91 Å². The molecule has 1 heterocycles. The van der Waals surface area contributed by atoms with Crippen molar-refractivity contribution in [1.29, 1.82) is 0 Å². The van der Waals surface area contributed by atoms with E-state index in [4.69, 9.17) is 10.7 Å². The van der Waals surface area contributed by atoms with Crippen molar-refractivity contribution in [2.75, 3.05) is 5.32 Å². The predicted molar refractivity (Wildman–Crippen MR) is 120 cm³/mol. The third kappa shape index (κ3) is 4.11. The van der Waals surface area contributed by atoms with Gasteiger partial charge in [0.05, 0.1) is 10.6 Å². The van der Waals surface area contributed by atoms with E-state index in [9.17, 15) is 4.79 Å². The largest absolute Gasteiger partial charge is 0.326 e. The van der Waals surface area contributed by atoms with Gasteiger partial charge >= 0.3 is 0 Å². The van der Waals surface area contributed by atoms with Crippen LogP contribution in [0, 0.1) is 6.92 Å². The Morgan fingerprint density at radius 1 is 0.966 bits per heavy atom. The van der Waals surface area contributed by atoms with E-state index >= 15 is 0 Å². The summed E-state index contributed by atoms with van der Waals surface area (Å²) in [6.45, 7) is 2.46. The summed E-state index contributed by atoms with van der Waals surface area (Å²) >= 11 is 1.60. The Morgan fingerprint density at radius 3 is 2.38 bits per heavy atom. The molecule has 0 spiro atoms. The lowest BCUT2D eigenvalue weighted by molar-refractivity contribution is 0.102. The number of hydrogen-bond donors (Lipinski definition) is 2. The van der Waals surface area contributed by atoms with E-state index in [0.29, 0.717) is 12.1 Å². The lowest BCUT2D eigenvalue weighted by Gasteiger charge is -2.10. The maximum absolute atomic E-state index is 13.0. The fourth-order valence-electron chi connectivity index (χ4n) is 3.15. The normalized spacial score (nSPS) is 10.7. The van der Waals surface area contributed by atoms with Crippen LogP contribution in [0.3, 0.4) is 0 Å². The Kier molecular flexibility index (Phi) is 5.51. The molecule has 0 atom stereocenters. The monoisotopic (exact) mass is 399 g/mol. The summed E-state index contributed by atoms with van der Waals surface area (Å²) in [6.07, 6.45) is 0. The predicted octanol–water partition coefficient (Wildman–Crippen LogP) is 5.50. The molecule has 0 aliphatic carbocycles. The fourth-order valence-corrected chi connectivity index (χ4v) is 4.26. The van der Waals surface area contributed by atoms with Gasteiger partial charge in [0.25, 0.3) is 5.91 Å². The summed E-state index contributed by atoms with van der Waals surface area (Å²) in [6, 6.07) is 25.3. The molecule has 29 heavy (non-hydrogen) atoms. The van der Waals surface area contributed by atoms with E-state index in [1.807, 2.05) is 85.8 Å². The molecule has 0 aliphatic heterocycles. The molecule has 0 radical (unpaired) electrons. The second-order valence-corrected chi connectivity index (χ2v) is 7.70. The molecular weight excluding hydrogens is 378 g/mol. The van der Waals surface area contributed by atoms with Crippen LogP contribution in [0.2, 0.25) is 0 Å². The van der Waals surface area contributed by atoms with Gasteiger partial charge in [0, 0.05) is 28.9 Å². The van der Waals surface area contributed by atoms with Crippen molar-refractivity contribution in [2.24, 2.45) is 5.73 Å². The molecule has 4 rings (SSSR count). The van der Waals surface area contributed by atoms with Crippen molar-refractivity contribution in [3.8, 4) is 21.0 Å². The minimum atomic E-state index is -0.143. The number of carbonyl (C=O) groups is 1. The molecule has 0 fully saturated rings. The van der Waals surface area contributed by atoms with Crippen molar-refractivity contribution in [2.45, 2.75) is 13.5 Å². The third-order valence-electron chi connectivity index (χ3n) is 4.68. The molecule has 3 aromatic carbocycles. The highest BCUT2D eigenvalue weighted by Gasteiger charge is 2.18. The van der Waals surface area contributed by atoms with Crippen molar-refractivity contribution >= 4 is 22.9 Å². The van der Waals surface area contributed by atoms with Gasteiger partial charge in [-0.15, -0.1) is 11.3 Å². The van der Waals surface area contributed by atoms with Gasteiger partial charge in [0.2, 0.25) is 0 Å². The van der Waals surface area contributed by atoms with Gasteiger partial charge in [-0.25, -0.2) is 4.98 Å². The number of aromatic nitrogens is 1. The van der Waals surface area contributed by atoms with Crippen molar-refractivity contribution < 1.29 is 4.79 Å². The highest BCUT2D eigenvalue weighted by Crippen LogP contribution is 2.36. The standard InChI is InChI=1S/C24H21N3OS/c1-16-22(29-24(26-16)18-7-3-2-4-8-18)20-9-5-6-10-21(20)23(28)27-19-13-11-17(15-25)12-14-19/h2-14H,15,25H2,1H3,(H,27,28). The van der Waals surface area contributed by atoms with Crippen LogP contribution in [0.1, 0.15) is 21.6 Å². The van der Waals surface area contributed by atoms with Gasteiger partial charge in [0.1, 0.15) is 5.01 Å². The van der Waals surface area contributed by atoms with E-state index < -0.39 is 0 Å². The number of nitrogens with two attached hydrogens (primary N) is 1. The van der Waals surface area contributed by atoms with E-state index in [0.717, 1.165) is 38.0 Å². The molecule has 0 unspecified atom stereocenters. The molecule has 0 saturated heterocycles.